The summed E-state index contributed by atoms with van der Waals surface area (Å²) in [6.45, 7) is 5.61. The van der Waals surface area contributed by atoms with Gasteiger partial charge in [-0.15, -0.1) is 11.3 Å². The topological polar surface area (TPSA) is 47.6 Å². The molecule has 1 aromatic carbocycles. The highest BCUT2D eigenvalue weighted by Gasteiger charge is 2.09. The highest BCUT2D eigenvalue weighted by Crippen LogP contribution is 2.28. The van der Waals surface area contributed by atoms with E-state index in [9.17, 15) is 4.79 Å². The van der Waals surface area contributed by atoms with Gasteiger partial charge in [0.05, 0.1) is 22.4 Å². The molecule has 124 valence electrons. The number of rotatable bonds is 8. The van der Waals surface area contributed by atoms with Crippen molar-refractivity contribution in [1.82, 2.24) is 5.32 Å². The standard InChI is InChI=1S/C17H20ClNO3S/c1-3-21-13-6-5-12(11-14(13)22-4-2)9-10-19-17(20)15-7-8-16(18)23-15/h5-8,11H,3-4,9-10H2,1-2H3,(H,19,20). The van der Waals surface area contributed by atoms with Crippen molar-refractivity contribution in [2.75, 3.05) is 19.8 Å². The van der Waals surface area contributed by atoms with Crippen LogP contribution in [-0.4, -0.2) is 25.7 Å². The van der Waals surface area contributed by atoms with Crippen LogP contribution in [0.2, 0.25) is 4.34 Å². The van der Waals surface area contributed by atoms with Gasteiger partial charge in [0.1, 0.15) is 0 Å². The molecule has 0 fully saturated rings. The molecule has 1 heterocycles. The van der Waals surface area contributed by atoms with Gasteiger partial charge >= 0.3 is 0 Å². The Morgan fingerprint density at radius 2 is 1.87 bits per heavy atom. The number of hydrogen-bond donors (Lipinski definition) is 1. The lowest BCUT2D eigenvalue weighted by Crippen LogP contribution is -2.24. The summed E-state index contributed by atoms with van der Waals surface area (Å²) in [6.07, 6.45) is 0.720. The number of halogens is 1. The first-order valence-corrected chi connectivity index (χ1v) is 8.75. The number of amides is 1. The van der Waals surface area contributed by atoms with E-state index in [1.165, 1.54) is 11.3 Å². The molecule has 1 N–H and O–H groups in total. The number of ether oxygens (including phenoxy) is 2. The predicted molar refractivity (Wildman–Crippen MR) is 94.1 cm³/mol. The molecular formula is C17H20ClNO3S. The van der Waals surface area contributed by atoms with Crippen molar-refractivity contribution in [2.24, 2.45) is 0 Å². The zero-order valence-corrected chi connectivity index (χ0v) is 14.8. The number of nitrogens with one attached hydrogen (secondary N) is 1. The molecule has 0 bridgehead atoms. The third-order valence-corrected chi connectivity index (χ3v) is 4.33. The summed E-state index contributed by atoms with van der Waals surface area (Å²) < 4.78 is 11.8. The smallest absolute Gasteiger partial charge is 0.261 e. The second-order valence-corrected chi connectivity index (χ2v) is 6.47. The Labute approximate surface area is 145 Å². The average Bonchev–Trinajstić information content (AvgIpc) is 2.97. The van der Waals surface area contributed by atoms with Crippen LogP contribution in [0.4, 0.5) is 0 Å². The minimum atomic E-state index is -0.0992. The third-order valence-electron chi connectivity index (χ3n) is 3.10. The summed E-state index contributed by atoms with van der Waals surface area (Å²) in [7, 11) is 0. The van der Waals surface area contributed by atoms with E-state index in [0.29, 0.717) is 29.0 Å². The number of carbonyl (C=O) groups is 1. The Morgan fingerprint density at radius 1 is 1.13 bits per heavy atom. The molecule has 0 aliphatic heterocycles. The Kier molecular flexibility index (Phi) is 6.74. The van der Waals surface area contributed by atoms with Crippen LogP contribution < -0.4 is 14.8 Å². The van der Waals surface area contributed by atoms with Crippen molar-refractivity contribution in [3.63, 3.8) is 0 Å². The van der Waals surface area contributed by atoms with Crippen LogP contribution >= 0.6 is 22.9 Å². The molecule has 0 spiro atoms. The number of hydrogen-bond acceptors (Lipinski definition) is 4. The van der Waals surface area contributed by atoms with Gasteiger partial charge in [-0.1, -0.05) is 17.7 Å². The van der Waals surface area contributed by atoms with E-state index in [-0.39, 0.29) is 5.91 Å². The lowest BCUT2D eigenvalue weighted by molar-refractivity contribution is 0.0958. The molecule has 0 unspecified atom stereocenters. The first-order chi connectivity index (χ1) is 11.1. The van der Waals surface area contributed by atoms with Crippen molar-refractivity contribution in [2.45, 2.75) is 20.3 Å². The maximum absolute atomic E-state index is 12.0. The first-order valence-electron chi connectivity index (χ1n) is 7.56. The average molecular weight is 354 g/mol. The monoisotopic (exact) mass is 353 g/mol. The summed E-state index contributed by atoms with van der Waals surface area (Å²) in [5.74, 6) is 1.39. The molecule has 23 heavy (non-hydrogen) atoms. The van der Waals surface area contributed by atoms with E-state index in [2.05, 4.69) is 5.32 Å². The first kappa shape index (κ1) is 17.6. The molecule has 0 saturated carbocycles. The molecular weight excluding hydrogens is 334 g/mol. The molecule has 2 aromatic rings. The molecule has 0 radical (unpaired) electrons. The molecule has 0 atom stereocenters. The van der Waals surface area contributed by atoms with Crippen molar-refractivity contribution in [1.29, 1.82) is 0 Å². The zero-order valence-electron chi connectivity index (χ0n) is 13.2. The van der Waals surface area contributed by atoms with Crippen molar-refractivity contribution in [3.05, 3.63) is 45.1 Å². The lowest BCUT2D eigenvalue weighted by atomic mass is 10.1. The van der Waals surface area contributed by atoms with Gasteiger partial charge < -0.3 is 14.8 Å². The SMILES string of the molecule is CCOc1ccc(CCNC(=O)c2ccc(Cl)s2)cc1OCC. The summed E-state index contributed by atoms with van der Waals surface area (Å²) in [5.41, 5.74) is 1.08. The van der Waals surface area contributed by atoms with Gasteiger partial charge in [0.2, 0.25) is 0 Å². The van der Waals surface area contributed by atoms with E-state index in [1.54, 1.807) is 12.1 Å². The van der Waals surface area contributed by atoms with Crippen LogP contribution in [0.25, 0.3) is 0 Å². The van der Waals surface area contributed by atoms with E-state index in [0.717, 1.165) is 23.5 Å². The fraction of sp³-hybridized carbons (Fsp3) is 0.353. The number of thiophene rings is 1. The van der Waals surface area contributed by atoms with Crippen LogP contribution in [0, 0.1) is 0 Å². The number of carbonyl (C=O) groups excluding carboxylic acids is 1. The quantitative estimate of drug-likeness (QED) is 0.774. The lowest BCUT2D eigenvalue weighted by Gasteiger charge is -2.12. The highest BCUT2D eigenvalue weighted by molar-refractivity contribution is 7.17. The summed E-state index contributed by atoms with van der Waals surface area (Å²) in [4.78, 5) is 12.6. The van der Waals surface area contributed by atoms with Crippen molar-refractivity contribution >= 4 is 28.8 Å². The van der Waals surface area contributed by atoms with Crippen LogP contribution in [0.1, 0.15) is 29.1 Å². The normalized spacial score (nSPS) is 10.4. The predicted octanol–water partition coefficient (Wildman–Crippen LogP) is 4.17. The maximum atomic E-state index is 12.0. The van der Waals surface area contributed by atoms with Gasteiger partial charge in [-0.25, -0.2) is 0 Å². The van der Waals surface area contributed by atoms with Crippen LogP contribution in [0.15, 0.2) is 30.3 Å². The van der Waals surface area contributed by atoms with E-state index in [4.69, 9.17) is 21.1 Å². The largest absolute Gasteiger partial charge is 0.490 e. The second kappa shape index (κ2) is 8.79. The summed E-state index contributed by atoms with van der Waals surface area (Å²) in [5, 5.41) is 2.89. The Morgan fingerprint density at radius 3 is 2.52 bits per heavy atom. The maximum Gasteiger partial charge on any atom is 0.261 e. The molecule has 4 nitrogen and oxygen atoms in total. The summed E-state index contributed by atoms with van der Waals surface area (Å²) >= 11 is 7.11. The van der Waals surface area contributed by atoms with E-state index < -0.39 is 0 Å². The van der Waals surface area contributed by atoms with Crippen molar-refractivity contribution < 1.29 is 14.3 Å². The Hall–Kier alpha value is -1.72. The Bertz CT molecular complexity index is 657. The molecule has 0 aliphatic carbocycles. The molecule has 1 aromatic heterocycles. The number of benzene rings is 1. The molecule has 0 saturated heterocycles. The molecule has 1 amide bonds. The van der Waals surface area contributed by atoms with Crippen LogP contribution in [-0.2, 0) is 6.42 Å². The summed E-state index contributed by atoms with van der Waals surface area (Å²) in [6, 6.07) is 9.31. The van der Waals surface area contributed by atoms with E-state index in [1.807, 2.05) is 32.0 Å². The highest BCUT2D eigenvalue weighted by atomic mass is 35.5. The molecule has 6 heteroatoms. The fourth-order valence-electron chi connectivity index (χ4n) is 2.09. The Balaban J connectivity index is 1.92. The van der Waals surface area contributed by atoms with Gasteiger partial charge in [0.25, 0.3) is 5.91 Å². The van der Waals surface area contributed by atoms with Crippen molar-refractivity contribution in [3.8, 4) is 11.5 Å². The van der Waals surface area contributed by atoms with E-state index >= 15 is 0 Å². The van der Waals surface area contributed by atoms with Crippen LogP contribution in [0.5, 0.6) is 11.5 Å². The van der Waals surface area contributed by atoms with Gasteiger partial charge in [0, 0.05) is 6.54 Å². The van der Waals surface area contributed by atoms with Gasteiger partial charge in [-0.05, 0) is 50.1 Å². The van der Waals surface area contributed by atoms with Gasteiger partial charge in [-0.3, -0.25) is 4.79 Å². The molecule has 2 rings (SSSR count). The van der Waals surface area contributed by atoms with Gasteiger partial charge in [0.15, 0.2) is 11.5 Å². The zero-order chi connectivity index (χ0) is 16.7. The fourth-order valence-corrected chi connectivity index (χ4v) is 3.05. The second-order valence-electron chi connectivity index (χ2n) is 4.76. The van der Waals surface area contributed by atoms with Gasteiger partial charge in [-0.2, -0.15) is 0 Å². The minimum absolute atomic E-state index is 0.0992. The molecule has 0 aliphatic rings. The minimum Gasteiger partial charge on any atom is -0.490 e. The third kappa shape index (κ3) is 5.15. The van der Waals surface area contributed by atoms with Crippen LogP contribution in [0.3, 0.4) is 0 Å².